The molecule has 4 rings (SSSR count). The summed E-state index contributed by atoms with van der Waals surface area (Å²) in [6, 6.07) is 8.67. The monoisotopic (exact) mass is 615 g/mol. The fourth-order valence-corrected chi connectivity index (χ4v) is 5.91. The molecule has 4 N–H and O–H groups in total. The molecule has 0 saturated carbocycles. The second-order valence-corrected chi connectivity index (χ2v) is 10.9. The van der Waals surface area contributed by atoms with E-state index in [0.717, 1.165) is 17.4 Å². The van der Waals surface area contributed by atoms with Gasteiger partial charge in [-0.1, -0.05) is 6.07 Å². The Morgan fingerprint density at radius 2 is 1.91 bits per heavy atom. The number of carbonyl (C=O) groups is 1. The number of anilines is 2. The van der Waals surface area contributed by atoms with E-state index in [4.69, 9.17) is 0 Å². The second kappa shape index (κ2) is 9.19. The van der Waals surface area contributed by atoms with Crippen molar-refractivity contribution in [1.29, 1.82) is 0 Å². The van der Waals surface area contributed by atoms with Crippen LogP contribution in [0.3, 0.4) is 0 Å². The van der Waals surface area contributed by atoms with Gasteiger partial charge < -0.3 is 15.6 Å². The molecule has 0 spiro atoms. The van der Waals surface area contributed by atoms with Crippen molar-refractivity contribution in [2.24, 2.45) is 0 Å². The molecule has 0 fully saturated rings. The fourth-order valence-electron chi connectivity index (χ4n) is 3.17. The first-order chi connectivity index (χ1) is 16.1. The van der Waals surface area contributed by atoms with Crippen LogP contribution < -0.4 is 26.6 Å². The number of aromatic amines is 1. The van der Waals surface area contributed by atoms with Crippen LogP contribution in [0.1, 0.15) is 0 Å². The number of H-pyrrole nitrogens is 1. The van der Waals surface area contributed by atoms with Crippen LogP contribution in [0, 0.1) is 9.39 Å². The molecule has 0 aliphatic carbocycles. The second-order valence-electron chi connectivity index (χ2n) is 6.86. The number of hydrogen-bond donors (Lipinski definition) is 4. The number of aromatic nitrogens is 2. The number of halogens is 2. The number of fused-ring (bicyclic) bond motifs is 1. The lowest BCUT2D eigenvalue weighted by molar-refractivity contribution is 0.256. The summed E-state index contributed by atoms with van der Waals surface area (Å²) in [4.78, 5) is 40.4. The van der Waals surface area contributed by atoms with Gasteiger partial charge in [0, 0.05) is 22.0 Å². The number of benzene rings is 2. The van der Waals surface area contributed by atoms with Crippen molar-refractivity contribution < 1.29 is 17.6 Å². The predicted molar refractivity (Wildman–Crippen MR) is 136 cm³/mol. The van der Waals surface area contributed by atoms with Crippen molar-refractivity contribution in [3.63, 3.8) is 0 Å². The van der Waals surface area contributed by atoms with Crippen LogP contribution in [0.5, 0.6) is 0 Å². The lowest BCUT2D eigenvalue weighted by Gasteiger charge is -2.13. The summed E-state index contributed by atoms with van der Waals surface area (Å²) in [6.07, 6.45) is 0. The molecular formula is C20H15FIN5O5S2. The number of sulfonamides is 1. The molecule has 2 aromatic heterocycles. The van der Waals surface area contributed by atoms with Crippen LogP contribution in [0.4, 0.5) is 20.6 Å². The maximum Gasteiger partial charge on any atom is 0.333 e. The first-order valence-corrected chi connectivity index (χ1v) is 12.9. The molecule has 34 heavy (non-hydrogen) atoms. The first kappa shape index (κ1) is 23.9. The number of thiophene rings is 1. The molecule has 2 heterocycles. The minimum Gasteiger partial charge on any atom is -0.388 e. The third kappa shape index (κ3) is 4.55. The Morgan fingerprint density at radius 3 is 2.56 bits per heavy atom. The molecule has 0 aliphatic rings. The van der Waals surface area contributed by atoms with E-state index < -0.39 is 33.1 Å². The van der Waals surface area contributed by atoms with Gasteiger partial charge in [-0.25, -0.2) is 31.7 Å². The van der Waals surface area contributed by atoms with Gasteiger partial charge in [0.05, 0.1) is 10.9 Å². The molecule has 0 atom stereocenters. The highest BCUT2D eigenvalue weighted by Gasteiger charge is 2.21. The Morgan fingerprint density at radius 1 is 1.15 bits per heavy atom. The molecule has 0 aliphatic heterocycles. The van der Waals surface area contributed by atoms with Gasteiger partial charge in [-0.2, -0.15) is 0 Å². The molecule has 176 valence electrons. The number of carbonyl (C=O) groups excluding carboxylic acids is 1. The maximum atomic E-state index is 15.1. The number of nitrogens with zero attached hydrogens (tertiary/aromatic N) is 1. The van der Waals surface area contributed by atoms with Crippen LogP contribution in [-0.4, -0.2) is 31.0 Å². The predicted octanol–water partition coefficient (Wildman–Crippen LogP) is 3.04. The summed E-state index contributed by atoms with van der Waals surface area (Å²) < 4.78 is 42.0. The fraction of sp³-hybridized carbons (Fsp3) is 0.0500. The molecule has 14 heteroatoms. The van der Waals surface area contributed by atoms with E-state index in [1.807, 2.05) is 4.72 Å². The lowest BCUT2D eigenvalue weighted by atomic mass is 10.2. The van der Waals surface area contributed by atoms with E-state index in [1.165, 1.54) is 24.3 Å². The van der Waals surface area contributed by atoms with Crippen molar-refractivity contribution in [1.82, 2.24) is 14.3 Å². The first-order valence-electron chi connectivity index (χ1n) is 9.44. The standard InChI is InChI=1S/C20H15FIN5O5S2/c1-23-10-4-5-12-15(9-10)25-20(30)27(18(12)28)17-13(21)7-11(8-14(17)22)24-19(29)26-34(31,32)16-3-2-6-33-16/h2-9,23H,1H3,(H,25,30)(H2,24,26,29). The van der Waals surface area contributed by atoms with E-state index >= 15 is 4.39 Å². The molecule has 0 saturated heterocycles. The molecule has 0 unspecified atom stereocenters. The van der Waals surface area contributed by atoms with E-state index in [1.54, 1.807) is 47.2 Å². The van der Waals surface area contributed by atoms with E-state index in [9.17, 15) is 22.8 Å². The quantitative estimate of drug-likeness (QED) is 0.255. The van der Waals surface area contributed by atoms with Gasteiger partial charge in [-0.05, 0) is 64.4 Å². The van der Waals surface area contributed by atoms with Gasteiger partial charge in [0.2, 0.25) is 0 Å². The zero-order valence-electron chi connectivity index (χ0n) is 17.2. The zero-order chi connectivity index (χ0) is 24.6. The SMILES string of the molecule is CNc1ccc2c(=O)n(-c3c(F)cc(NC(=O)NS(=O)(=O)c4cccs4)cc3I)c(=O)[nH]c2c1. The molecule has 2 aromatic carbocycles. The van der Waals surface area contributed by atoms with Gasteiger partial charge in [0.15, 0.2) is 5.82 Å². The number of amides is 2. The lowest BCUT2D eigenvalue weighted by Crippen LogP contribution is -2.35. The number of nitrogens with one attached hydrogen (secondary N) is 4. The maximum absolute atomic E-state index is 15.1. The number of rotatable bonds is 5. The van der Waals surface area contributed by atoms with E-state index in [2.05, 4.69) is 15.6 Å². The molecule has 0 radical (unpaired) electrons. The minimum atomic E-state index is -4.08. The molecule has 4 aromatic rings. The van der Waals surface area contributed by atoms with Crippen molar-refractivity contribution in [3.8, 4) is 5.69 Å². The van der Waals surface area contributed by atoms with Gasteiger partial charge in [-0.3, -0.25) is 4.79 Å². The number of hydrogen-bond acceptors (Lipinski definition) is 7. The Hall–Kier alpha value is -3.24. The third-order valence-corrected chi connectivity index (χ3v) is 8.22. The van der Waals surface area contributed by atoms with Crippen molar-refractivity contribution in [2.45, 2.75) is 4.21 Å². The summed E-state index contributed by atoms with van der Waals surface area (Å²) in [5, 5.41) is 6.86. The van der Waals surface area contributed by atoms with Gasteiger partial charge in [0.1, 0.15) is 9.90 Å². The Balaban J connectivity index is 1.69. The zero-order valence-corrected chi connectivity index (χ0v) is 21.0. The van der Waals surface area contributed by atoms with E-state index in [-0.39, 0.29) is 30.1 Å². The summed E-state index contributed by atoms with van der Waals surface area (Å²) >= 11 is 2.64. The van der Waals surface area contributed by atoms with Crippen molar-refractivity contribution >= 4 is 72.3 Å². The Bertz CT molecular complexity index is 1630. The molecule has 10 nitrogen and oxygen atoms in total. The highest BCUT2D eigenvalue weighted by Crippen LogP contribution is 2.24. The Kier molecular flexibility index (Phi) is 6.46. The Labute approximate surface area is 209 Å². The highest BCUT2D eigenvalue weighted by molar-refractivity contribution is 14.1. The van der Waals surface area contributed by atoms with Crippen LogP contribution in [0.2, 0.25) is 0 Å². The average Bonchev–Trinajstić information content (AvgIpc) is 3.30. The van der Waals surface area contributed by atoms with Crippen LogP contribution in [0.25, 0.3) is 16.6 Å². The van der Waals surface area contributed by atoms with Gasteiger partial charge in [-0.15, -0.1) is 11.3 Å². The van der Waals surface area contributed by atoms with Gasteiger partial charge >= 0.3 is 11.7 Å². The van der Waals surface area contributed by atoms with Crippen LogP contribution >= 0.6 is 33.9 Å². The van der Waals surface area contributed by atoms with Crippen molar-refractivity contribution in [3.05, 3.63) is 78.1 Å². The topological polar surface area (TPSA) is 142 Å². The van der Waals surface area contributed by atoms with Crippen LogP contribution in [0.15, 0.2) is 61.6 Å². The smallest absolute Gasteiger partial charge is 0.333 e. The third-order valence-electron chi connectivity index (χ3n) is 4.67. The summed E-state index contributed by atoms with van der Waals surface area (Å²) in [6.45, 7) is 0. The van der Waals surface area contributed by atoms with E-state index in [0.29, 0.717) is 10.3 Å². The van der Waals surface area contributed by atoms with Crippen molar-refractivity contribution in [2.75, 3.05) is 17.7 Å². The largest absolute Gasteiger partial charge is 0.388 e. The molecular weight excluding hydrogens is 600 g/mol. The summed E-state index contributed by atoms with van der Waals surface area (Å²) in [5.41, 5.74) is -0.981. The highest BCUT2D eigenvalue weighted by atomic mass is 127. The van der Waals surface area contributed by atoms with Crippen LogP contribution in [-0.2, 0) is 10.0 Å². The summed E-state index contributed by atoms with van der Waals surface area (Å²) in [7, 11) is -2.39. The molecule has 2 amide bonds. The summed E-state index contributed by atoms with van der Waals surface area (Å²) in [5.74, 6) is -0.970. The number of urea groups is 1. The van der Waals surface area contributed by atoms with Gasteiger partial charge in [0.25, 0.3) is 15.6 Å². The minimum absolute atomic E-state index is 0.0597. The average molecular weight is 615 g/mol. The molecule has 0 bridgehead atoms. The normalized spacial score (nSPS) is 11.4.